The average molecular weight is 336 g/mol. The Kier molecular flexibility index (Phi) is 16.6. The molecule has 4 nitrogen and oxygen atoms in total. The van der Waals surface area contributed by atoms with Crippen molar-refractivity contribution in [2.75, 3.05) is 0 Å². The van der Waals surface area contributed by atoms with E-state index in [2.05, 4.69) is 0 Å². The van der Waals surface area contributed by atoms with E-state index in [1.807, 2.05) is 0 Å². The van der Waals surface area contributed by atoms with Gasteiger partial charge in [0.2, 0.25) is 0 Å². The Morgan fingerprint density at radius 3 is 1.14 bits per heavy atom. The molecule has 7 heavy (non-hydrogen) atoms. The number of rotatable bonds is 0. The van der Waals surface area contributed by atoms with E-state index in [1.54, 1.807) is 0 Å². The maximum atomic E-state index is 8.52. The first-order valence-electron chi connectivity index (χ1n) is 0.667. The summed E-state index contributed by atoms with van der Waals surface area (Å²) in [4.78, 5) is 0. The molecule has 0 aliphatic carbocycles. The molecule has 0 bridgehead atoms. The van der Waals surface area contributed by atoms with Crippen molar-refractivity contribution >= 4 is 55.9 Å². The summed E-state index contributed by atoms with van der Waals surface area (Å²) in [5, 5.41) is 0. The van der Waals surface area contributed by atoms with Crippen molar-refractivity contribution in [1.82, 2.24) is 0 Å². The Morgan fingerprint density at radius 2 is 1.14 bits per heavy atom. The smallest absolute Gasteiger partial charge is 0.759 e. The van der Waals surface area contributed by atoms with Crippen LogP contribution in [-0.4, -0.2) is 63.0 Å². The van der Waals surface area contributed by atoms with Crippen LogP contribution in [0.4, 0.5) is 0 Å². The fourth-order valence-corrected chi connectivity index (χ4v) is 0. The topological polar surface area (TPSA) is 80.3 Å². The molecule has 0 saturated carbocycles. The normalized spacial score (nSPS) is 8.29. The summed E-state index contributed by atoms with van der Waals surface area (Å²) in [5.41, 5.74) is 0. The van der Waals surface area contributed by atoms with Gasteiger partial charge in [-0.05, 0) is 0 Å². The van der Waals surface area contributed by atoms with Gasteiger partial charge in [-0.1, -0.05) is 0 Å². The van der Waals surface area contributed by atoms with Crippen LogP contribution < -0.4 is 0 Å². The Labute approximate surface area is 119 Å². The third-order valence-electron chi connectivity index (χ3n) is 0. The van der Waals surface area contributed by atoms with E-state index in [1.165, 1.54) is 0 Å². The summed E-state index contributed by atoms with van der Waals surface area (Å²) < 4.78 is 34.1. The molecule has 0 amide bonds. The zero-order valence-electron chi connectivity index (χ0n) is 3.13. The van der Waals surface area contributed by atoms with Crippen LogP contribution in [-0.2, 0) is 10.4 Å². The zero-order valence-corrected chi connectivity index (χ0v) is 9.84. The van der Waals surface area contributed by atoms with Crippen LogP contribution in [0.1, 0.15) is 0 Å². The van der Waals surface area contributed by atoms with Crippen molar-refractivity contribution in [3.63, 3.8) is 0 Å². The van der Waals surface area contributed by atoms with Crippen molar-refractivity contribution in [3.05, 3.63) is 0 Å². The van der Waals surface area contributed by atoms with Crippen molar-refractivity contribution in [2.24, 2.45) is 0 Å². The van der Waals surface area contributed by atoms with Gasteiger partial charge in [-0.2, -0.15) is 0 Å². The molecule has 7 heteroatoms. The van der Waals surface area contributed by atoms with Crippen LogP contribution in [0.15, 0.2) is 0 Å². The van der Waals surface area contributed by atoms with Gasteiger partial charge < -0.3 is 9.11 Å². The molecular weight excluding hydrogens is 336 g/mol. The molecule has 0 aliphatic heterocycles. The summed E-state index contributed by atoms with van der Waals surface area (Å²) in [5.74, 6) is 0. The van der Waals surface area contributed by atoms with Gasteiger partial charge in [0, 0.05) is 10.4 Å². The zero-order chi connectivity index (χ0) is 4.50. The minimum absolute atomic E-state index is 0. The third kappa shape index (κ3) is 49.9. The van der Waals surface area contributed by atoms with E-state index in [-0.39, 0.29) is 94.9 Å². The summed E-state index contributed by atoms with van der Waals surface area (Å²) in [6, 6.07) is 0. The monoisotopic (exact) mass is 337 g/mol. The Hall–Kier alpha value is 2.93. The standard InChI is InChI=1S/Eu.H2O4S.Sr/c;1-5(2,3)4;/h;(H2,1,2,3,4);/q+3;;+2/p-2. The van der Waals surface area contributed by atoms with Gasteiger partial charge in [-0.25, -0.2) is 0 Å². The molecule has 0 N–H and O–H groups in total. The SMILES string of the molecule is O=S(=O)([O-])[O-].[Eu+3].[Sr+2]. The molecule has 0 atom stereocenters. The number of hydrogen-bond donors (Lipinski definition) is 0. The Morgan fingerprint density at radius 1 is 1.14 bits per heavy atom. The van der Waals surface area contributed by atoms with Crippen LogP contribution in [0, 0.1) is 49.4 Å². The quantitative estimate of drug-likeness (QED) is 0.300. The second kappa shape index (κ2) is 7.05. The maximum Gasteiger partial charge on any atom is 3.00 e. The third-order valence-corrected chi connectivity index (χ3v) is 0. The van der Waals surface area contributed by atoms with E-state index >= 15 is 0 Å². The minimum atomic E-state index is -5.17. The van der Waals surface area contributed by atoms with Crippen molar-refractivity contribution in [1.29, 1.82) is 0 Å². The molecule has 0 heterocycles. The predicted octanol–water partition coefficient (Wildman–Crippen LogP) is -1.72. The van der Waals surface area contributed by atoms with Gasteiger partial charge in [0.25, 0.3) is 0 Å². The molecule has 0 saturated heterocycles. The molecule has 0 rings (SSSR count). The van der Waals surface area contributed by atoms with E-state index in [0.717, 1.165) is 0 Å². The molecule has 0 spiro atoms. The van der Waals surface area contributed by atoms with E-state index in [9.17, 15) is 0 Å². The Balaban J connectivity index is -0.0000000800. The summed E-state index contributed by atoms with van der Waals surface area (Å²) in [7, 11) is -5.17. The molecular formula is EuO4SSr+3. The molecule has 0 aromatic carbocycles. The van der Waals surface area contributed by atoms with Gasteiger partial charge in [-0.3, -0.25) is 8.42 Å². The molecule has 0 aromatic heterocycles. The molecule has 0 aliphatic rings. The fraction of sp³-hybridized carbons (Fsp3) is 0. The van der Waals surface area contributed by atoms with Crippen LogP contribution in [0.5, 0.6) is 0 Å². The number of hydrogen-bond acceptors (Lipinski definition) is 4. The summed E-state index contributed by atoms with van der Waals surface area (Å²) in [6.07, 6.45) is 0. The van der Waals surface area contributed by atoms with Crippen molar-refractivity contribution in [3.8, 4) is 0 Å². The van der Waals surface area contributed by atoms with Crippen LogP contribution in [0.3, 0.4) is 0 Å². The molecule has 0 radical (unpaired) electrons. The van der Waals surface area contributed by atoms with E-state index in [0.29, 0.717) is 0 Å². The average Bonchev–Trinajstić information content (AvgIpc) is 0.722. The van der Waals surface area contributed by atoms with Crippen molar-refractivity contribution in [2.45, 2.75) is 0 Å². The second-order valence-corrected chi connectivity index (χ2v) is 1.22. The van der Waals surface area contributed by atoms with Gasteiger partial charge in [0.1, 0.15) is 0 Å². The van der Waals surface area contributed by atoms with Gasteiger partial charge in [-0.15, -0.1) is 0 Å². The fourth-order valence-electron chi connectivity index (χ4n) is 0. The predicted molar refractivity (Wildman–Crippen MR) is 16.2 cm³/mol. The van der Waals surface area contributed by atoms with Gasteiger partial charge in [0.15, 0.2) is 0 Å². The largest absolute Gasteiger partial charge is 3.00 e. The maximum absolute atomic E-state index is 8.52. The van der Waals surface area contributed by atoms with Crippen molar-refractivity contribution < 1.29 is 66.9 Å². The first-order chi connectivity index (χ1) is 2.00. The van der Waals surface area contributed by atoms with Crippen LogP contribution in [0.2, 0.25) is 0 Å². The minimum Gasteiger partial charge on any atom is -0.759 e. The molecule has 36 valence electrons. The van der Waals surface area contributed by atoms with Gasteiger partial charge >= 0.3 is 94.9 Å². The summed E-state index contributed by atoms with van der Waals surface area (Å²) >= 11 is 0. The molecule has 0 aromatic rings. The second-order valence-electron chi connectivity index (χ2n) is 0.408. The Bertz CT molecular complexity index is 94.9. The summed E-state index contributed by atoms with van der Waals surface area (Å²) in [6.45, 7) is 0. The van der Waals surface area contributed by atoms with Crippen LogP contribution >= 0.6 is 0 Å². The molecule has 0 fully saturated rings. The molecule has 0 unspecified atom stereocenters. The van der Waals surface area contributed by atoms with Crippen LogP contribution in [0.25, 0.3) is 0 Å². The van der Waals surface area contributed by atoms with Gasteiger partial charge in [0.05, 0.1) is 0 Å². The van der Waals surface area contributed by atoms with E-state index < -0.39 is 10.4 Å². The first-order valence-corrected chi connectivity index (χ1v) is 2.00. The van der Waals surface area contributed by atoms with E-state index in [4.69, 9.17) is 17.5 Å². The first kappa shape index (κ1) is 16.5.